The normalized spacial score (nSPS) is 17.7. The molecule has 1 saturated carbocycles. The molecule has 17 heavy (non-hydrogen) atoms. The molecule has 92 valence electrons. The maximum atomic E-state index is 5.54. The largest absolute Gasteiger partial charge is 0.330 e. The summed E-state index contributed by atoms with van der Waals surface area (Å²) in [6, 6.07) is 8.77. The summed E-state index contributed by atoms with van der Waals surface area (Å²) in [6.07, 6.45) is 12.7. The first-order chi connectivity index (χ1) is 8.38. The van der Waals surface area contributed by atoms with Crippen LogP contribution in [0.4, 0.5) is 0 Å². The van der Waals surface area contributed by atoms with E-state index >= 15 is 0 Å². The van der Waals surface area contributed by atoms with Crippen LogP contribution in [0.25, 0.3) is 6.08 Å². The first-order valence-corrected chi connectivity index (χ1v) is 6.86. The molecule has 0 amide bonds. The zero-order valence-corrected chi connectivity index (χ0v) is 10.6. The molecular weight excluding hydrogens is 206 g/mol. The number of benzene rings is 1. The van der Waals surface area contributed by atoms with Gasteiger partial charge >= 0.3 is 0 Å². The molecule has 1 aromatic rings. The van der Waals surface area contributed by atoms with Crippen molar-refractivity contribution in [1.29, 1.82) is 0 Å². The predicted octanol–water partition coefficient (Wildman–Crippen LogP) is 3.78. The van der Waals surface area contributed by atoms with Gasteiger partial charge in [0.1, 0.15) is 0 Å². The zero-order valence-electron chi connectivity index (χ0n) is 10.6. The molecule has 1 aromatic carbocycles. The van der Waals surface area contributed by atoms with Crippen molar-refractivity contribution in [3.05, 3.63) is 41.5 Å². The molecule has 0 heterocycles. The first kappa shape index (κ1) is 12.4. The molecule has 0 radical (unpaired) electrons. The third kappa shape index (κ3) is 4.01. The summed E-state index contributed by atoms with van der Waals surface area (Å²) < 4.78 is 0. The van der Waals surface area contributed by atoms with Gasteiger partial charge in [-0.1, -0.05) is 55.7 Å². The average molecular weight is 229 g/mol. The summed E-state index contributed by atoms with van der Waals surface area (Å²) in [5, 5.41) is 0. The van der Waals surface area contributed by atoms with Gasteiger partial charge in [-0.15, -0.1) is 0 Å². The van der Waals surface area contributed by atoms with Gasteiger partial charge in [0.05, 0.1) is 0 Å². The molecular formula is C16H23N. The van der Waals surface area contributed by atoms with Crippen molar-refractivity contribution in [3.63, 3.8) is 0 Å². The van der Waals surface area contributed by atoms with Gasteiger partial charge < -0.3 is 5.73 Å². The Morgan fingerprint density at radius 2 is 1.76 bits per heavy atom. The van der Waals surface area contributed by atoms with Crippen molar-refractivity contribution in [2.24, 2.45) is 11.7 Å². The number of hydrogen-bond acceptors (Lipinski definition) is 1. The highest BCUT2D eigenvalue weighted by atomic mass is 14.5. The van der Waals surface area contributed by atoms with Crippen LogP contribution in [0.5, 0.6) is 0 Å². The van der Waals surface area contributed by atoms with Crippen LogP contribution in [0, 0.1) is 5.92 Å². The highest BCUT2D eigenvalue weighted by Gasteiger charge is 2.09. The fourth-order valence-corrected chi connectivity index (χ4v) is 2.54. The van der Waals surface area contributed by atoms with E-state index < -0.39 is 0 Å². The maximum Gasteiger partial charge on any atom is -0.00367 e. The molecule has 1 nitrogen and oxygen atoms in total. The van der Waals surface area contributed by atoms with Crippen molar-refractivity contribution >= 4 is 6.08 Å². The minimum absolute atomic E-state index is 0.733. The number of allylic oxidation sites excluding steroid dienone is 1. The summed E-state index contributed by atoms with van der Waals surface area (Å²) in [4.78, 5) is 0. The van der Waals surface area contributed by atoms with Crippen molar-refractivity contribution in [1.82, 2.24) is 0 Å². The van der Waals surface area contributed by atoms with Gasteiger partial charge in [-0.3, -0.25) is 0 Å². The van der Waals surface area contributed by atoms with Gasteiger partial charge in [-0.25, -0.2) is 0 Å². The average Bonchev–Trinajstić information content (AvgIpc) is 2.40. The third-order valence-corrected chi connectivity index (χ3v) is 3.62. The number of rotatable bonds is 4. The summed E-state index contributed by atoms with van der Waals surface area (Å²) in [5.74, 6) is 0.812. The minimum atomic E-state index is 0.733. The molecule has 1 fully saturated rings. The highest BCUT2D eigenvalue weighted by molar-refractivity contribution is 5.50. The molecule has 1 aliphatic carbocycles. The Bertz CT molecular complexity index is 344. The standard InChI is InChI=1S/C16H23N/c17-13-12-16-10-8-15(9-11-16)7-6-14-4-2-1-3-5-14/h6-11,14H,1-5,12-13,17H2. The predicted molar refractivity (Wildman–Crippen MR) is 74.8 cm³/mol. The highest BCUT2D eigenvalue weighted by Crippen LogP contribution is 2.25. The zero-order chi connectivity index (χ0) is 11.9. The summed E-state index contributed by atoms with van der Waals surface area (Å²) in [7, 11) is 0. The molecule has 0 unspecified atom stereocenters. The molecule has 0 atom stereocenters. The van der Waals surface area contributed by atoms with Gasteiger partial charge in [-0.05, 0) is 42.9 Å². The second-order valence-corrected chi connectivity index (χ2v) is 5.04. The molecule has 2 N–H and O–H groups in total. The van der Waals surface area contributed by atoms with E-state index in [1.54, 1.807) is 0 Å². The van der Waals surface area contributed by atoms with Gasteiger partial charge in [0, 0.05) is 0 Å². The number of hydrogen-bond donors (Lipinski definition) is 1. The van der Waals surface area contributed by atoms with Crippen molar-refractivity contribution < 1.29 is 0 Å². The minimum Gasteiger partial charge on any atom is -0.330 e. The fraction of sp³-hybridized carbons (Fsp3) is 0.500. The van der Waals surface area contributed by atoms with E-state index in [9.17, 15) is 0 Å². The van der Waals surface area contributed by atoms with Crippen LogP contribution in [0.15, 0.2) is 30.3 Å². The van der Waals surface area contributed by atoms with E-state index in [2.05, 4.69) is 36.4 Å². The van der Waals surface area contributed by atoms with E-state index in [0.717, 1.165) is 18.9 Å². The summed E-state index contributed by atoms with van der Waals surface area (Å²) in [6.45, 7) is 0.733. The Hall–Kier alpha value is -1.08. The van der Waals surface area contributed by atoms with E-state index in [0.29, 0.717) is 0 Å². The third-order valence-electron chi connectivity index (χ3n) is 3.62. The molecule has 2 rings (SSSR count). The second-order valence-electron chi connectivity index (χ2n) is 5.04. The summed E-state index contributed by atoms with van der Waals surface area (Å²) >= 11 is 0. The van der Waals surface area contributed by atoms with Crippen LogP contribution in [0.2, 0.25) is 0 Å². The lowest BCUT2D eigenvalue weighted by molar-refractivity contribution is 0.420. The van der Waals surface area contributed by atoms with Gasteiger partial charge in [0.2, 0.25) is 0 Å². The van der Waals surface area contributed by atoms with E-state index in [-0.39, 0.29) is 0 Å². The smallest absolute Gasteiger partial charge is 0.00367 e. The Labute approximate surface area is 105 Å². The monoisotopic (exact) mass is 229 g/mol. The molecule has 0 aromatic heterocycles. The van der Waals surface area contributed by atoms with Crippen LogP contribution in [0.3, 0.4) is 0 Å². The van der Waals surface area contributed by atoms with Crippen LogP contribution in [-0.4, -0.2) is 6.54 Å². The lowest BCUT2D eigenvalue weighted by Crippen LogP contribution is -2.02. The molecule has 0 spiro atoms. The van der Waals surface area contributed by atoms with Crippen molar-refractivity contribution in [3.8, 4) is 0 Å². The Morgan fingerprint density at radius 3 is 2.41 bits per heavy atom. The van der Waals surface area contributed by atoms with Gasteiger partial charge in [0.25, 0.3) is 0 Å². The number of nitrogens with two attached hydrogens (primary N) is 1. The lowest BCUT2D eigenvalue weighted by Gasteiger charge is -2.17. The van der Waals surface area contributed by atoms with Crippen LogP contribution < -0.4 is 5.73 Å². The van der Waals surface area contributed by atoms with Crippen molar-refractivity contribution in [2.75, 3.05) is 6.54 Å². The summed E-state index contributed by atoms with van der Waals surface area (Å²) in [5.41, 5.74) is 8.19. The van der Waals surface area contributed by atoms with Crippen LogP contribution >= 0.6 is 0 Å². The topological polar surface area (TPSA) is 26.0 Å². The Balaban J connectivity index is 1.91. The Kier molecular flexibility index (Phi) is 4.81. The molecule has 1 aliphatic rings. The van der Waals surface area contributed by atoms with Crippen LogP contribution in [0.1, 0.15) is 43.2 Å². The molecule has 0 saturated heterocycles. The van der Waals surface area contributed by atoms with Gasteiger partial charge in [-0.2, -0.15) is 0 Å². The van der Waals surface area contributed by atoms with Crippen LogP contribution in [-0.2, 0) is 6.42 Å². The maximum absolute atomic E-state index is 5.54. The van der Waals surface area contributed by atoms with E-state index in [1.165, 1.54) is 43.2 Å². The second kappa shape index (κ2) is 6.61. The first-order valence-electron chi connectivity index (χ1n) is 6.86. The lowest BCUT2D eigenvalue weighted by atomic mass is 9.89. The molecule has 1 heteroatoms. The SMILES string of the molecule is NCCc1ccc(C=CC2CCCCC2)cc1. The van der Waals surface area contributed by atoms with Gasteiger partial charge in [0.15, 0.2) is 0 Å². The van der Waals surface area contributed by atoms with Crippen molar-refractivity contribution in [2.45, 2.75) is 38.5 Å². The Morgan fingerprint density at radius 1 is 1.06 bits per heavy atom. The molecule has 0 aliphatic heterocycles. The molecule has 0 bridgehead atoms. The van der Waals surface area contributed by atoms with E-state index in [4.69, 9.17) is 5.73 Å². The quantitative estimate of drug-likeness (QED) is 0.835. The fourth-order valence-electron chi connectivity index (χ4n) is 2.54. The van der Waals surface area contributed by atoms with E-state index in [1.807, 2.05) is 0 Å².